The number of thiophene rings is 6. The average Bonchev–Trinajstić information content (AvgIpc) is 3.84. The molecule has 8 aromatic heterocycles. The first-order chi connectivity index (χ1) is 19.8. The summed E-state index contributed by atoms with van der Waals surface area (Å²) in [6.07, 6.45) is 3.45. The van der Waals surface area contributed by atoms with E-state index in [1.807, 2.05) is 69.6 Å². The van der Waals surface area contributed by atoms with Gasteiger partial charge in [0.2, 0.25) is 0 Å². The Hall–Kier alpha value is -3.24. The number of hydrogen-bond donors (Lipinski definition) is 0. The molecule has 0 aliphatic rings. The fourth-order valence-corrected chi connectivity index (χ4v) is 10.9. The smallest absolute Gasteiger partial charge is 0.143 e. The van der Waals surface area contributed by atoms with Gasteiger partial charge in [-0.3, -0.25) is 0 Å². The van der Waals surface area contributed by atoms with Gasteiger partial charge in [-0.25, -0.2) is 0 Å². The van der Waals surface area contributed by atoms with Gasteiger partial charge in [0.1, 0.15) is 11.5 Å². The molecule has 0 bridgehead atoms. The predicted octanol–water partition coefficient (Wildman–Crippen LogP) is 12.9. The van der Waals surface area contributed by atoms with E-state index in [0.29, 0.717) is 0 Å². The van der Waals surface area contributed by atoms with Gasteiger partial charge in [-0.05, 0) is 97.1 Å². The Morgan fingerprint density at radius 1 is 0.275 bits per heavy atom. The molecule has 0 spiro atoms. The van der Waals surface area contributed by atoms with Gasteiger partial charge in [-0.1, -0.05) is 0 Å². The zero-order chi connectivity index (χ0) is 26.5. The second kappa shape index (κ2) is 10.3. The van der Waals surface area contributed by atoms with Crippen molar-refractivity contribution in [3.05, 3.63) is 110 Å². The average molecular weight is 627 g/mol. The fraction of sp³-hybridized carbons (Fsp3) is 0. The molecule has 0 saturated heterocycles. The number of hydrogen-bond acceptors (Lipinski definition) is 8. The first-order valence-corrected chi connectivity index (χ1v) is 17.4. The summed E-state index contributed by atoms with van der Waals surface area (Å²) in [4.78, 5) is 15.3. The Morgan fingerprint density at radius 2 is 0.500 bits per heavy atom. The van der Waals surface area contributed by atoms with Gasteiger partial charge >= 0.3 is 0 Å². The molecule has 0 atom stereocenters. The lowest BCUT2D eigenvalue weighted by Gasteiger charge is -1.93. The minimum atomic E-state index is 0.927. The van der Waals surface area contributed by atoms with Gasteiger partial charge in [0.05, 0.1) is 22.3 Å². The fourth-order valence-electron chi connectivity index (χ4n) is 4.45. The second-order valence-electron chi connectivity index (χ2n) is 8.94. The van der Waals surface area contributed by atoms with Crippen molar-refractivity contribution in [1.29, 1.82) is 0 Å². The van der Waals surface area contributed by atoms with Crippen LogP contribution in [-0.4, -0.2) is 0 Å². The molecule has 8 heterocycles. The van der Waals surface area contributed by atoms with Crippen LogP contribution in [-0.2, 0) is 0 Å². The highest BCUT2D eigenvalue weighted by Gasteiger charge is 2.15. The van der Waals surface area contributed by atoms with Crippen molar-refractivity contribution in [3.63, 3.8) is 0 Å². The lowest BCUT2D eigenvalue weighted by Crippen LogP contribution is -1.59. The van der Waals surface area contributed by atoms with Crippen LogP contribution in [0.4, 0.5) is 0 Å². The SMILES string of the molecule is c1coc(-c2ccc(-c3ccc(-c4ccc(-c5ccc(-c6ccc(-c7ccc(-c8ccco8)s7)s6)s5)s4)s3)s2)c1. The van der Waals surface area contributed by atoms with Gasteiger partial charge in [0, 0.05) is 48.8 Å². The molecular weight excluding hydrogens is 609 g/mol. The van der Waals surface area contributed by atoms with Crippen LogP contribution in [0.15, 0.2) is 118 Å². The maximum atomic E-state index is 5.57. The molecule has 8 rings (SSSR count). The van der Waals surface area contributed by atoms with E-state index in [0.717, 1.165) is 21.3 Å². The van der Waals surface area contributed by atoms with Crippen LogP contribution >= 0.6 is 68.0 Å². The Bertz CT molecular complexity index is 1870. The second-order valence-corrected chi connectivity index (χ2v) is 15.4. The van der Waals surface area contributed by atoms with E-state index in [9.17, 15) is 0 Å². The van der Waals surface area contributed by atoms with Crippen LogP contribution in [0.2, 0.25) is 0 Å². The van der Waals surface area contributed by atoms with Crippen molar-refractivity contribution in [2.75, 3.05) is 0 Å². The zero-order valence-corrected chi connectivity index (χ0v) is 25.6. The van der Waals surface area contributed by atoms with Crippen LogP contribution in [0.5, 0.6) is 0 Å². The molecule has 0 saturated carbocycles. The third-order valence-corrected chi connectivity index (χ3v) is 13.9. The lowest BCUT2D eigenvalue weighted by atomic mass is 10.3. The van der Waals surface area contributed by atoms with E-state index in [2.05, 4.69) is 72.8 Å². The molecule has 40 heavy (non-hydrogen) atoms. The summed E-state index contributed by atoms with van der Waals surface area (Å²) >= 11 is 11.0. The summed E-state index contributed by atoms with van der Waals surface area (Å²) in [6, 6.07) is 34.6. The molecule has 2 nitrogen and oxygen atoms in total. The Labute approximate surface area is 254 Å². The van der Waals surface area contributed by atoms with Gasteiger partial charge in [0.15, 0.2) is 0 Å². The standard InChI is InChI=1S/C32H18O2S6/c1-3-19(33-17-1)21-5-7-23(35-21)25-9-11-27(37-25)29-13-15-31(39-29)32-16-14-30(40-32)28-12-10-26(38-28)24-8-6-22(36-24)20-4-2-18-34-20/h1-18H. The van der Waals surface area contributed by atoms with E-state index in [1.165, 1.54) is 48.8 Å². The van der Waals surface area contributed by atoms with Crippen LogP contribution in [0.3, 0.4) is 0 Å². The summed E-state index contributed by atoms with van der Waals surface area (Å²) < 4.78 is 11.1. The molecule has 0 unspecified atom stereocenters. The number of rotatable bonds is 7. The first-order valence-electron chi connectivity index (χ1n) is 12.5. The minimum Gasteiger partial charge on any atom is -0.464 e. The van der Waals surface area contributed by atoms with Crippen molar-refractivity contribution >= 4 is 68.0 Å². The minimum absolute atomic E-state index is 0.927. The third-order valence-electron chi connectivity index (χ3n) is 6.38. The largest absolute Gasteiger partial charge is 0.464 e. The third kappa shape index (κ3) is 4.60. The van der Waals surface area contributed by atoms with Crippen LogP contribution in [0.1, 0.15) is 0 Å². The van der Waals surface area contributed by atoms with Crippen molar-refractivity contribution in [1.82, 2.24) is 0 Å². The molecule has 0 amide bonds. The van der Waals surface area contributed by atoms with E-state index in [1.54, 1.807) is 35.2 Å². The molecule has 0 aliphatic heterocycles. The quantitative estimate of drug-likeness (QED) is 0.176. The Morgan fingerprint density at radius 3 is 0.725 bits per heavy atom. The maximum Gasteiger partial charge on any atom is 0.143 e. The highest BCUT2D eigenvalue weighted by molar-refractivity contribution is 7.30. The van der Waals surface area contributed by atoms with Gasteiger partial charge in [0.25, 0.3) is 0 Å². The summed E-state index contributed by atoms with van der Waals surface area (Å²) in [5.41, 5.74) is 0. The molecule has 0 aromatic carbocycles. The van der Waals surface area contributed by atoms with Crippen LogP contribution in [0, 0.1) is 0 Å². The molecule has 0 fully saturated rings. The van der Waals surface area contributed by atoms with E-state index in [4.69, 9.17) is 8.83 Å². The molecule has 8 heteroatoms. The zero-order valence-electron chi connectivity index (χ0n) is 20.7. The Kier molecular flexibility index (Phi) is 6.32. The molecular formula is C32H18O2S6. The van der Waals surface area contributed by atoms with Crippen LogP contribution in [0.25, 0.3) is 70.0 Å². The van der Waals surface area contributed by atoms with Crippen molar-refractivity contribution < 1.29 is 8.83 Å². The van der Waals surface area contributed by atoms with Crippen LogP contribution < -0.4 is 0 Å². The van der Waals surface area contributed by atoms with Crippen molar-refractivity contribution in [2.24, 2.45) is 0 Å². The van der Waals surface area contributed by atoms with E-state index >= 15 is 0 Å². The Balaban J connectivity index is 1.00. The lowest BCUT2D eigenvalue weighted by molar-refractivity contribution is 0.583. The van der Waals surface area contributed by atoms with Gasteiger partial charge < -0.3 is 8.83 Å². The highest BCUT2D eigenvalue weighted by Crippen LogP contribution is 2.46. The molecule has 0 N–H and O–H groups in total. The van der Waals surface area contributed by atoms with Crippen molar-refractivity contribution in [3.8, 4) is 70.0 Å². The predicted molar refractivity (Wildman–Crippen MR) is 176 cm³/mol. The normalized spacial score (nSPS) is 11.5. The van der Waals surface area contributed by atoms with Gasteiger partial charge in [-0.15, -0.1) is 68.0 Å². The summed E-state index contributed by atoms with van der Waals surface area (Å²) in [7, 11) is 0. The molecule has 8 aromatic rings. The first kappa shape index (κ1) is 24.5. The maximum absolute atomic E-state index is 5.57. The van der Waals surface area contributed by atoms with E-state index in [-0.39, 0.29) is 0 Å². The summed E-state index contributed by atoms with van der Waals surface area (Å²) in [5, 5.41) is 0. The summed E-state index contributed by atoms with van der Waals surface area (Å²) in [6.45, 7) is 0. The highest BCUT2D eigenvalue weighted by atomic mass is 32.1. The molecule has 194 valence electrons. The molecule has 0 radical (unpaired) electrons. The topological polar surface area (TPSA) is 26.3 Å². The monoisotopic (exact) mass is 626 g/mol. The van der Waals surface area contributed by atoms with Gasteiger partial charge in [-0.2, -0.15) is 0 Å². The summed E-state index contributed by atoms with van der Waals surface area (Å²) in [5.74, 6) is 1.85. The molecule has 0 aliphatic carbocycles. The van der Waals surface area contributed by atoms with Crippen molar-refractivity contribution in [2.45, 2.75) is 0 Å². The number of furan rings is 2. The van der Waals surface area contributed by atoms with E-state index < -0.39 is 0 Å².